The molecule has 0 fully saturated rings. The highest BCUT2D eigenvalue weighted by Crippen LogP contribution is 2.05. The first-order chi connectivity index (χ1) is 9.13. The summed E-state index contributed by atoms with van der Waals surface area (Å²) in [6.45, 7) is 1.94. The average Bonchev–Trinajstić information content (AvgIpc) is 2.84. The fourth-order valence-electron chi connectivity index (χ4n) is 1.81. The van der Waals surface area contributed by atoms with E-state index in [-0.39, 0.29) is 18.4 Å². The van der Waals surface area contributed by atoms with E-state index < -0.39 is 0 Å². The summed E-state index contributed by atoms with van der Waals surface area (Å²) in [5.74, 6) is 0.801. The Hall–Kier alpha value is -2.30. The predicted octanol–water partition coefficient (Wildman–Crippen LogP) is 1.55. The van der Waals surface area contributed by atoms with E-state index in [1.807, 2.05) is 19.1 Å². The summed E-state index contributed by atoms with van der Waals surface area (Å²) in [7, 11) is 0. The van der Waals surface area contributed by atoms with Gasteiger partial charge in [0.05, 0.1) is 24.6 Å². The van der Waals surface area contributed by atoms with Gasteiger partial charge < -0.3 is 15.5 Å². The summed E-state index contributed by atoms with van der Waals surface area (Å²) in [5, 5.41) is 2.91. The van der Waals surface area contributed by atoms with Crippen molar-refractivity contribution in [2.45, 2.75) is 25.8 Å². The predicted molar refractivity (Wildman–Crippen MR) is 72.4 cm³/mol. The Morgan fingerprint density at radius 2 is 2.32 bits per heavy atom. The molecular weight excluding hydrogens is 242 g/mol. The molecule has 0 bridgehead atoms. The summed E-state index contributed by atoms with van der Waals surface area (Å²) in [6.07, 6.45) is 4.10. The van der Waals surface area contributed by atoms with E-state index >= 15 is 0 Å². The Bertz CT molecular complexity index is 520. The number of amides is 1. The van der Waals surface area contributed by atoms with Crippen molar-refractivity contribution in [3.05, 3.63) is 48.2 Å². The third-order valence-corrected chi connectivity index (χ3v) is 2.68. The van der Waals surface area contributed by atoms with Gasteiger partial charge in [-0.1, -0.05) is 0 Å². The van der Waals surface area contributed by atoms with Crippen molar-refractivity contribution >= 4 is 11.6 Å². The second kappa shape index (κ2) is 6.04. The lowest BCUT2D eigenvalue weighted by Gasteiger charge is -2.12. The van der Waals surface area contributed by atoms with Gasteiger partial charge in [-0.15, -0.1) is 0 Å². The van der Waals surface area contributed by atoms with Gasteiger partial charge in [-0.25, -0.2) is 0 Å². The number of carbonyl (C=O) groups excluding carboxylic acids is 1. The van der Waals surface area contributed by atoms with Crippen molar-refractivity contribution < 1.29 is 9.21 Å². The minimum atomic E-state index is -0.0590. The topological polar surface area (TPSA) is 81.2 Å². The standard InChI is InChI=1S/C14H17N3O2/c1-10(7-13-3-2-6-19-13)17-14(18)8-12-5-4-11(15)9-16-12/h2-6,9-10H,7-8,15H2,1H3,(H,17,18). The number of carbonyl (C=O) groups is 1. The molecule has 0 aromatic carbocycles. The quantitative estimate of drug-likeness (QED) is 0.853. The summed E-state index contributed by atoms with van der Waals surface area (Å²) < 4.78 is 5.24. The van der Waals surface area contributed by atoms with Gasteiger partial charge >= 0.3 is 0 Å². The number of furan rings is 1. The smallest absolute Gasteiger partial charge is 0.226 e. The lowest BCUT2D eigenvalue weighted by molar-refractivity contribution is -0.121. The number of hydrogen-bond donors (Lipinski definition) is 2. The van der Waals surface area contributed by atoms with Gasteiger partial charge in [-0.2, -0.15) is 0 Å². The van der Waals surface area contributed by atoms with Gasteiger partial charge in [0.15, 0.2) is 0 Å². The van der Waals surface area contributed by atoms with Crippen LogP contribution in [0.1, 0.15) is 18.4 Å². The van der Waals surface area contributed by atoms with Crippen LogP contribution in [-0.4, -0.2) is 16.9 Å². The van der Waals surface area contributed by atoms with Gasteiger partial charge in [-0.3, -0.25) is 9.78 Å². The number of aromatic nitrogens is 1. The average molecular weight is 259 g/mol. The van der Waals surface area contributed by atoms with Crippen molar-refractivity contribution in [2.24, 2.45) is 0 Å². The van der Waals surface area contributed by atoms with E-state index in [0.29, 0.717) is 17.8 Å². The fraction of sp³-hybridized carbons (Fsp3) is 0.286. The second-order valence-electron chi connectivity index (χ2n) is 4.51. The molecule has 0 spiro atoms. The number of nitrogens with two attached hydrogens (primary N) is 1. The molecule has 2 aromatic rings. The highest BCUT2D eigenvalue weighted by Gasteiger charge is 2.10. The number of nitrogens with one attached hydrogen (secondary N) is 1. The zero-order valence-corrected chi connectivity index (χ0v) is 10.8. The molecule has 1 unspecified atom stereocenters. The van der Waals surface area contributed by atoms with E-state index in [0.717, 1.165) is 5.76 Å². The van der Waals surface area contributed by atoms with Crippen LogP contribution >= 0.6 is 0 Å². The normalized spacial score (nSPS) is 12.1. The molecule has 100 valence electrons. The number of nitrogen functional groups attached to an aromatic ring is 1. The molecule has 0 aliphatic carbocycles. The van der Waals surface area contributed by atoms with Crippen molar-refractivity contribution in [2.75, 3.05) is 5.73 Å². The van der Waals surface area contributed by atoms with Crippen LogP contribution in [0, 0.1) is 0 Å². The summed E-state index contributed by atoms with van der Waals surface area (Å²) >= 11 is 0. The maximum Gasteiger partial charge on any atom is 0.226 e. The molecule has 2 heterocycles. The largest absolute Gasteiger partial charge is 0.469 e. The van der Waals surface area contributed by atoms with E-state index in [1.54, 1.807) is 24.6 Å². The third kappa shape index (κ3) is 4.13. The highest BCUT2D eigenvalue weighted by molar-refractivity contribution is 5.78. The van der Waals surface area contributed by atoms with E-state index in [2.05, 4.69) is 10.3 Å². The van der Waals surface area contributed by atoms with Crippen molar-refractivity contribution in [3.63, 3.8) is 0 Å². The first kappa shape index (κ1) is 13.1. The Kier molecular flexibility index (Phi) is 4.18. The highest BCUT2D eigenvalue weighted by atomic mass is 16.3. The molecule has 1 amide bonds. The van der Waals surface area contributed by atoms with Crippen molar-refractivity contribution in [3.8, 4) is 0 Å². The van der Waals surface area contributed by atoms with E-state index in [4.69, 9.17) is 10.2 Å². The Labute approximate surface area is 111 Å². The SMILES string of the molecule is CC(Cc1ccco1)NC(=O)Cc1ccc(N)cn1. The molecule has 0 aliphatic rings. The van der Waals surface area contributed by atoms with Crippen molar-refractivity contribution in [1.82, 2.24) is 10.3 Å². The molecule has 0 saturated carbocycles. The summed E-state index contributed by atoms with van der Waals surface area (Å²) in [6, 6.07) is 7.24. The van der Waals surface area contributed by atoms with Gasteiger partial charge in [0, 0.05) is 18.2 Å². The van der Waals surface area contributed by atoms with Crippen LogP contribution in [0.3, 0.4) is 0 Å². The molecule has 3 N–H and O–H groups in total. The van der Waals surface area contributed by atoms with Crippen LogP contribution in [0.15, 0.2) is 41.1 Å². The van der Waals surface area contributed by atoms with Gasteiger partial charge in [0.25, 0.3) is 0 Å². The molecule has 5 heteroatoms. The molecule has 5 nitrogen and oxygen atoms in total. The molecule has 1 atom stereocenters. The first-order valence-corrected chi connectivity index (χ1v) is 6.15. The van der Waals surface area contributed by atoms with Crippen LogP contribution in [0.4, 0.5) is 5.69 Å². The number of pyridine rings is 1. The maximum absolute atomic E-state index is 11.8. The third-order valence-electron chi connectivity index (χ3n) is 2.68. The Balaban J connectivity index is 1.82. The van der Waals surface area contributed by atoms with Crippen LogP contribution in [0.25, 0.3) is 0 Å². The second-order valence-corrected chi connectivity index (χ2v) is 4.51. The molecule has 0 radical (unpaired) electrons. The number of nitrogens with zero attached hydrogens (tertiary/aromatic N) is 1. The Morgan fingerprint density at radius 1 is 1.47 bits per heavy atom. The van der Waals surface area contributed by atoms with Crippen LogP contribution in [0.5, 0.6) is 0 Å². The van der Waals surface area contributed by atoms with Gasteiger partial charge in [0.1, 0.15) is 5.76 Å². The summed E-state index contributed by atoms with van der Waals surface area (Å²) in [5.41, 5.74) is 6.84. The van der Waals surface area contributed by atoms with E-state index in [1.165, 1.54) is 0 Å². The number of anilines is 1. The monoisotopic (exact) mass is 259 g/mol. The minimum absolute atomic E-state index is 0.0208. The maximum atomic E-state index is 11.8. The van der Waals surface area contributed by atoms with Crippen LogP contribution in [-0.2, 0) is 17.6 Å². The fourth-order valence-corrected chi connectivity index (χ4v) is 1.81. The molecule has 0 aliphatic heterocycles. The van der Waals surface area contributed by atoms with Gasteiger partial charge in [0.2, 0.25) is 5.91 Å². The summed E-state index contributed by atoms with van der Waals surface area (Å²) in [4.78, 5) is 15.9. The van der Waals surface area contributed by atoms with Gasteiger partial charge in [-0.05, 0) is 31.2 Å². The zero-order chi connectivity index (χ0) is 13.7. The minimum Gasteiger partial charge on any atom is -0.469 e. The first-order valence-electron chi connectivity index (χ1n) is 6.15. The molecule has 19 heavy (non-hydrogen) atoms. The van der Waals surface area contributed by atoms with E-state index in [9.17, 15) is 4.79 Å². The Morgan fingerprint density at radius 3 is 2.95 bits per heavy atom. The number of hydrogen-bond acceptors (Lipinski definition) is 4. The molecule has 0 saturated heterocycles. The molecular formula is C14H17N3O2. The lowest BCUT2D eigenvalue weighted by atomic mass is 10.2. The van der Waals surface area contributed by atoms with Crippen LogP contribution in [0.2, 0.25) is 0 Å². The lowest BCUT2D eigenvalue weighted by Crippen LogP contribution is -2.35. The molecule has 2 aromatic heterocycles. The van der Waals surface area contributed by atoms with Crippen molar-refractivity contribution in [1.29, 1.82) is 0 Å². The zero-order valence-electron chi connectivity index (χ0n) is 10.8. The number of rotatable bonds is 5. The molecule has 2 rings (SSSR count). The van der Waals surface area contributed by atoms with Crippen LogP contribution < -0.4 is 11.1 Å².